The normalized spacial score (nSPS) is 12.2. The molecule has 0 aliphatic heterocycles. The molecule has 0 amide bonds. The monoisotopic (exact) mass is 300 g/mol. The smallest absolute Gasteiger partial charge is 0.152 e. The molecule has 2 aromatic rings. The summed E-state index contributed by atoms with van der Waals surface area (Å²) >= 11 is 18.1. The van der Waals surface area contributed by atoms with Gasteiger partial charge in [-0.05, 0) is 42.8 Å². The van der Waals surface area contributed by atoms with E-state index in [9.17, 15) is 0 Å². The molecule has 94 valence electrons. The van der Waals surface area contributed by atoms with Crippen LogP contribution in [0.3, 0.4) is 0 Å². The van der Waals surface area contributed by atoms with E-state index in [1.807, 2.05) is 25.1 Å². The third-order valence-corrected chi connectivity index (χ3v) is 3.44. The van der Waals surface area contributed by atoms with Crippen LogP contribution in [0.4, 0.5) is 5.69 Å². The molecule has 1 N–H and O–H groups in total. The molecule has 0 saturated carbocycles. The Balaban J connectivity index is 2.25. The highest BCUT2D eigenvalue weighted by Gasteiger charge is 2.11. The molecule has 0 fully saturated rings. The molecule has 0 aliphatic carbocycles. The van der Waals surface area contributed by atoms with Gasteiger partial charge in [0.25, 0.3) is 0 Å². The second-order valence-corrected chi connectivity index (χ2v) is 5.08. The minimum absolute atomic E-state index is 0.0158. The van der Waals surface area contributed by atoms with Crippen LogP contribution in [0.25, 0.3) is 0 Å². The molecule has 1 aromatic heterocycles. The van der Waals surface area contributed by atoms with Crippen LogP contribution in [0.5, 0.6) is 0 Å². The van der Waals surface area contributed by atoms with E-state index in [-0.39, 0.29) is 6.04 Å². The van der Waals surface area contributed by atoms with Crippen LogP contribution >= 0.6 is 34.8 Å². The molecule has 2 rings (SSSR count). The lowest BCUT2D eigenvalue weighted by atomic mass is 10.1. The average Bonchev–Trinajstić information content (AvgIpc) is 2.35. The Labute approximate surface area is 121 Å². The molecule has 1 heterocycles. The van der Waals surface area contributed by atoms with Crippen LogP contribution in [0.15, 0.2) is 36.5 Å². The Morgan fingerprint density at radius 1 is 1.17 bits per heavy atom. The minimum Gasteiger partial charge on any atom is -0.376 e. The van der Waals surface area contributed by atoms with Gasteiger partial charge in [0.1, 0.15) is 0 Å². The van der Waals surface area contributed by atoms with Crippen molar-refractivity contribution in [3.8, 4) is 0 Å². The highest BCUT2D eigenvalue weighted by atomic mass is 35.5. The number of halogens is 3. The zero-order valence-electron chi connectivity index (χ0n) is 9.62. The predicted molar refractivity (Wildman–Crippen MR) is 77.7 cm³/mol. The first kappa shape index (κ1) is 13.5. The lowest BCUT2D eigenvalue weighted by molar-refractivity contribution is 0.883. The van der Waals surface area contributed by atoms with Crippen molar-refractivity contribution in [1.82, 2.24) is 4.98 Å². The number of hydrogen-bond donors (Lipinski definition) is 1. The zero-order chi connectivity index (χ0) is 13.1. The summed E-state index contributed by atoms with van der Waals surface area (Å²) in [6.45, 7) is 1.99. The first-order valence-electron chi connectivity index (χ1n) is 5.40. The lowest BCUT2D eigenvalue weighted by Gasteiger charge is -2.17. The molecular weight excluding hydrogens is 291 g/mol. The largest absolute Gasteiger partial charge is 0.376 e. The van der Waals surface area contributed by atoms with Crippen LogP contribution < -0.4 is 5.32 Å². The fraction of sp³-hybridized carbons (Fsp3) is 0.154. The van der Waals surface area contributed by atoms with Gasteiger partial charge in [0.15, 0.2) is 5.15 Å². The van der Waals surface area contributed by atoms with Gasteiger partial charge in [0, 0.05) is 16.2 Å². The molecule has 1 atom stereocenters. The standard InChI is InChI=1S/C13H11Cl3N2/c1-8(10-7-9(14)4-5-11(10)15)18-12-3-2-6-17-13(12)16/h2-8,18H,1H3. The van der Waals surface area contributed by atoms with Gasteiger partial charge in [-0.15, -0.1) is 0 Å². The Bertz CT molecular complexity index is 558. The molecule has 0 radical (unpaired) electrons. The molecular formula is C13H11Cl3N2. The quantitative estimate of drug-likeness (QED) is 0.787. The number of anilines is 1. The predicted octanol–water partition coefficient (Wildman–Crippen LogP) is 5.21. The van der Waals surface area contributed by atoms with Gasteiger partial charge < -0.3 is 5.32 Å². The number of rotatable bonds is 3. The summed E-state index contributed by atoms with van der Waals surface area (Å²) < 4.78 is 0. The fourth-order valence-corrected chi connectivity index (χ4v) is 2.29. The number of hydrogen-bond acceptors (Lipinski definition) is 2. The van der Waals surface area contributed by atoms with Crippen LogP contribution in [0.1, 0.15) is 18.5 Å². The second-order valence-electron chi connectivity index (χ2n) is 3.87. The minimum atomic E-state index is -0.0158. The Morgan fingerprint density at radius 3 is 2.67 bits per heavy atom. The summed E-state index contributed by atoms with van der Waals surface area (Å²) in [5, 5.41) is 5.01. The molecule has 5 heteroatoms. The molecule has 1 aromatic carbocycles. The highest BCUT2D eigenvalue weighted by molar-refractivity contribution is 6.33. The van der Waals surface area contributed by atoms with E-state index in [0.29, 0.717) is 15.2 Å². The first-order chi connectivity index (χ1) is 8.58. The van der Waals surface area contributed by atoms with Crippen molar-refractivity contribution in [3.05, 3.63) is 57.3 Å². The number of nitrogens with zero attached hydrogens (tertiary/aromatic N) is 1. The Hall–Kier alpha value is -0.960. The summed E-state index contributed by atoms with van der Waals surface area (Å²) in [6.07, 6.45) is 1.64. The summed E-state index contributed by atoms with van der Waals surface area (Å²) in [4.78, 5) is 4.01. The molecule has 0 spiro atoms. The van der Waals surface area contributed by atoms with Crippen molar-refractivity contribution in [2.24, 2.45) is 0 Å². The zero-order valence-corrected chi connectivity index (χ0v) is 11.9. The highest BCUT2D eigenvalue weighted by Crippen LogP contribution is 2.30. The summed E-state index contributed by atoms with van der Waals surface area (Å²) in [5.41, 5.74) is 1.69. The van der Waals surface area contributed by atoms with Crippen LogP contribution in [-0.4, -0.2) is 4.98 Å². The van der Waals surface area contributed by atoms with Gasteiger partial charge in [-0.1, -0.05) is 34.8 Å². The van der Waals surface area contributed by atoms with Crippen molar-refractivity contribution < 1.29 is 0 Å². The van der Waals surface area contributed by atoms with Crippen LogP contribution in [-0.2, 0) is 0 Å². The van der Waals surface area contributed by atoms with Gasteiger partial charge in [-0.3, -0.25) is 0 Å². The summed E-state index contributed by atoms with van der Waals surface area (Å²) in [6, 6.07) is 9.05. The Kier molecular flexibility index (Phi) is 4.33. The Morgan fingerprint density at radius 2 is 1.94 bits per heavy atom. The summed E-state index contributed by atoms with van der Waals surface area (Å²) in [5.74, 6) is 0. The van der Waals surface area contributed by atoms with Gasteiger partial charge in [-0.2, -0.15) is 0 Å². The van der Waals surface area contributed by atoms with Crippen molar-refractivity contribution in [3.63, 3.8) is 0 Å². The average molecular weight is 302 g/mol. The number of benzene rings is 1. The van der Waals surface area contributed by atoms with Gasteiger partial charge in [-0.25, -0.2) is 4.98 Å². The molecule has 0 aliphatic rings. The van der Waals surface area contributed by atoms with E-state index >= 15 is 0 Å². The van der Waals surface area contributed by atoms with Crippen molar-refractivity contribution in [1.29, 1.82) is 0 Å². The van der Waals surface area contributed by atoms with E-state index < -0.39 is 0 Å². The first-order valence-corrected chi connectivity index (χ1v) is 6.53. The number of aromatic nitrogens is 1. The molecule has 0 saturated heterocycles. The van der Waals surface area contributed by atoms with Gasteiger partial charge in [0.05, 0.1) is 11.7 Å². The van der Waals surface area contributed by atoms with Crippen LogP contribution in [0, 0.1) is 0 Å². The maximum Gasteiger partial charge on any atom is 0.152 e. The number of nitrogens with one attached hydrogen (secondary N) is 1. The SMILES string of the molecule is CC(Nc1cccnc1Cl)c1cc(Cl)ccc1Cl. The molecule has 2 nitrogen and oxygen atoms in total. The molecule has 1 unspecified atom stereocenters. The van der Waals surface area contributed by atoms with Gasteiger partial charge in [0.2, 0.25) is 0 Å². The van der Waals surface area contributed by atoms with E-state index in [1.54, 1.807) is 18.3 Å². The van der Waals surface area contributed by atoms with Crippen molar-refractivity contribution in [2.75, 3.05) is 5.32 Å². The maximum atomic E-state index is 6.15. The topological polar surface area (TPSA) is 24.9 Å². The van der Waals surface area contributed by atoms with E-state index in [1.165, 1.54) is 0 Å². The lowest BCUT2D eigenvalue weighted by Crippen LogP contribution is -2.08. The van der Waals surface area contributed by atoms with Gasteiger partial charge >= 0.3 is 0 Å². The van der Waals surface area contributed by atoms with E-state index in [4.69, 9.17) is 34.8 Å². The fourth-order valence-electron chi connectivity index (χ4n) is 1.65. The molecule has 18 heavy (non-hydrogen) atoms. The van der Waals surface area contributed by atoms with Crippen molar-refractivity contribution in [2.45, 2.75) is 13.0 Å². The van der Waals surface area contributed by atoms with E-state index in [2.05, 4.69) is 10.3 Å². The van der Waals surface area contributed by atoms with Crippen molar-refractivity contribution >= 4 is 40.5 Å². The molecule has 0 bridgehead atoms. The van der Waals surface area contributed by atoms with Crippen LogP contribution in [0.2, 0.25) is 15.2 Å². The third-order valence-electron chi connectivity index (χ3n) is 2.56. The maximum absolute atomic E-state index is 6.15. The van der Waals surface area contributed by atoms with E-state index in [0.717, 1.165) is 11.3 Å². The third kappa shape index (κ3) is 3.08. The summed E-state index contributed by atoms with van der Waals surface area (Å²) in [7, 11) is 0. The second kappa shape index (κ2) is 5.79. The number of pyridine rings is 1.